The molecule has 0 amide bonds. The second-order valence-electron chi connectivity index (χ2n) is 2.25. The quantitative estimate of drug-likeness (QED) is 0.605. The van der Waals surface area contributed by atoms with Crippen molar-refractivity contribution in [2.75, 3.05) is 0 Å². The van der Waals surface area contributed by atoms with Crippen LogP contribution in [0, 0.1) is 11.3 Å². The summed E-state index contributed by atoms with van der Waals surface area (Å²) < 4.78 is 0. The van der Waals surface area contributed by atoms with E-state index in [0.29, 0.717) is 5.56 Å². The number of pyridine rings is 1. The van der Waals surface area contributed by atoms with Gasteiger partial charge >= 0.3 is 0 Å². The van der Waals surface area contributed by atoms with Crippen LogP contribution in [0.2, 0.25) is 5.15 Å². The van der Waals surface area contributed by atoms with Crippen LogP contribution in [0.15, 0.2) is 17.5 Å². The van der Waals surface area contributed by atoms with E-state index in [2.05, 4.69) is 4.98 Å². The lowest BCUT2D eigenvalue weighted by molar-refractivity contribution is 1.39. The van der Waals surface area contributed by atoms with Crippen LogP contribution in [0.1, 0.15) is 5.56 Å². The predicted molar refractivity (Wildman–Crippen MR) is 49.3 cm³/mol. The van der Waals surface area contributed by atoms with Gasteiger partial charge in [-0.3, -0.25) is 0 Å². The number of hydrogen-bond donors (Lipinski definition) is 0. The highest BCUT2D eigenvalue weighted by Crippen LogP contribution is 2.23. The number of aromatic nitrogens is 1. The first-order valence-corrected chi connectivity index (χ1v) is 4.51. The molecular weight excluding hydrogens is 192 g/mol. The minimum Gasteiger partial charge on any atom is -0.224 e. The molecule has 4 heteroatoms. The minimum atomic E-state index is 0.285. The molecule has 0 aliphatic carbocycles. The van der Waals surface area contributed by atoms with Gasteiger partial charge in [0, 0.05) is 5.39 Å². The van der Waals surface area contributed by atoms with E-state index in [0.717, 1.165) is 10.2 Å². The molecule has 2 heterocycles. The standard InChI is InChI=1S/C8H3ClN2S/c9-7-6(4-10)3-5-1-2-12-8(5)11-7/h1-3H. The second kappa shape index (κ2) is 2.74. The van der Waals surface area contributed by atoms with Crippen LogP contribution in [0.4, 0.5) is 0 Å². The summed E-state index contributed by atoms with van der Waals surface area (Å²) in [5.74, 6) is 0. The SMILES string of the molecule is N#Cc1cc2ccsc2nc1Cl. The van der Waals surface area contributed by atoms with Crippen LogP contribution < -0.4 is 0 Å². The average molecular weight is 195 g/mol. The molecule has 0 unspecified atom stereocenters. The van der Waals surface area contributed by atoms with E-state index in [9.17, 15) is 0 Å². The molecule has 0 radical (unpaired) electrons. The van der Waals surface area contributed by atoms with Gasteiger partial charge in [-0.1, -0.05) is 11.6 Å². The summed E-state index contributed by atoms with van der Waals surface area (Å²) in [4.78, 5) is 4.94. The van der Waals surface area contributed by atoms with Crippen molar-refractivity contribution < 1.29 is 0 Å². The van der Waals surface area contributed by atoms with Gasteiger partial charge in [-0.25, -0.2) is 4.98 Å². The van der Waals surface area contributed by atoms with Crippen molar-refractivity contribution in [2.45, 2.75) is 0 Å². The maximum atomic E-state index is 8.64. The fourth-order valence-corrected chi connectivity index (χ4v) is 1.94. The van der Waals surface area contributed by atoms with Crippen LogP contribution in [-0.4, -0.2) is 4.98 Å². The van der Waals surface area contributed by atoms with Gasteiger partial charge in [-0.05, 0) is 17.5 Å². The van der Waals surface area contributed by atoms with Crippen LogP contribution >= 0.6 is 22.9 Å². The lowest BCUT2D eigenvalue weighted by atomic mass is 10.2. The number of nitriles is 1. The van der Waals surface area contributed by atoms with Gasteiger partial charge in [-0.2, -0.15) is 5.26 Å². The van der Waals surface area contributed by atoms with Crippen LogP contribution in [-0.2, 0) is 0 Å². The number of halogens is 1. The van der Waals surface area contributed by atoms with E-state index in [1.54, 1.807) is 6.07 Å². The van der Waals surface area contributed by atoms with Crippen molar-refractivity contribution in [3.8, 4) is 6.07 Å². The summed E-state index contributed by atoms with van der Waals surface area (Å²) in [6, 6.07) is 5.66. The van der Waals surface area contributed by atoms with Crippen LogP contribution in [0.3, 0.4) is 0 Å². The molecule has 0 aliphatic heterocycles. The number of rotatable bonds is 0. The number of fused-ring (bicyclic) bond motifs is 1. The number of hydrogen-bond acceptors (Lipinski definition) is 3. The van der Waals surface area contributed by atoms with Gasteiger partial charge < -0.3 is 0 Å². The van der Waals surface area contributed by atoms with E-state index in [1.807, 2.05) is 17.5 Å². The van der Waals surface area contributed by atoms with E-state index in [1.165, 1.54) is 11.3 Å². The largest absolute Gasteiger partial charge is 0.224 e. The highest BCUT2D eigenvalue weighted by atomic mass is 35.5. The molecule has 0 spiro atoms. The Labute approximate surface area is 78.0 Å². The van der Waals surface area contributed by atoms with Gasteiger partial charge in [0.2, 0.25) is 0 Å². The lowest BCUT2D eigenvalue weighted by Gasteiger charge is -1.92. The van der Waals surface area contributed by atoms with E-state index in [4.69, 9.17) is 16.9 Å². The van der Waals surface area contributed by atoms with Gasteiger partial charge in [0.25, 0.3) is 0 Å². The predicted octanol–water partition coefficient (Wildman–Crippen LogP) is 2.82. The second-order valence-corrected chi connectivity index (χ2v) is 3.51. The minimum absolute atomic E-state index is 0.285. The molecule has 0 aliphatic rings. The molecule has 2 aromatic rings. The topological polar surface area (TPSA) is 36.7 Å². The molecule has 2 aromatic heterocycles. The molecule has 2 nitrogen and oxygen atoms in total. The zero-order chi connectivity index (χ0) is 8.55. The fourth-order valence-electron chi connectivity index (χ4n) is 0.955. The first-order valence-electron chi connectivity index (χ1n) is 3.25. The zero-order valence-electron chi connectivity index (χ0n) is 5.91. The summed E-state index contributed by atoms with van der Waals surface area (Å²) >= 11 is 7.25. The van der Waals surface area contributed by atoms with Gasteiger partial charge in [-0.15, -0.1) is 11.3 Å². The lowest BCUT2D eigenvalue weighted by Crippen LogP contribution is -1.80. The third-order valence-electron chi connectivity index (χ3n) is 1.52. The molecule has 12 heavy (non-hydrogen) atoms. The van der Waals surface area contributed by atoms with Crippen LogP contribution in [0.5, 0.6) is 0 Å². The third kappa shape index (κ3) is 1.06. The molecule has 0 atom stereocenters. The van der Waals surface area contributed by atoms with Crippen molar-refractivity contribution >= 4 is 33.2 Å². The Morgan fingerprint density at radius 3 is 3.17 bits per heavy atom. The molecule has 0 N–H and O–H groups in total. The van der Waals surface area contributed by atoms with Crippen LogP contribution in [0.25, 0.3) is 10.2 Å². The maximum Gasteiger partial charge on any atom is 0.148 e. The van der Waals surface area contributed by atoms with Crippen molar-refractivity contribution in [2.24, 2.45) is 0 Å². The third-order valence-corrected chi connectivity index (χ3v) is 2.63. The summed E-state index contributed by atoms with van der Waals surface area (Å²) in [5, 5.41) is 11.8. The van der Waals surface area contributed by atoms with Crippen molar-refractivity contribution in [3.05, 3.63) is 28.2 Å². The zero-order valence-corrected chi connectivity index (χ0v) is 7.49. The Morgan fingerprint density at radius 1 is 1.58 bits per heavy atom. The molecule has 0 saturated heterocycles. The highest BCUT2D eigenvalue weighted by molar-refractivity contribution is 7.16. The molecule has 0 fully saturated rings. The van der Waals surface area contributed by atoms with E-state index in [-0.39, 0.29) is 5.15 Å². The molecule has 0 aromatic carbocycles. The first-order chi connectivity index (χ1) is 5.81. The average Bonchev–Trinajstić information content (AvgIpc) is 2.49. The summed E-state index contributed by atoms with van der Waals surface area (Å²) in [6.07, 6.45) is 0. The van der Waals surface area contributed by atoms with Crippen molar-refractivity contribution in [3.63, 3.8) is 0 Å². The summed E-state index contributed by atoms with van der Waals surface area (Å²) in [7, 11) is 0. The normalized spacial score (nSPS) is 10.0. The molecule has 2 rings (SSSR count). The Morgan fingerprint density at radius 2 is 2.42 bits per heavy atom. The van der Waals surface area contributed by atoms with Gasteiger partial charge in [0.05, 0.1) is 5.56 Å². The summed E-state index contributed by atoms with van der Waals surface area (Å²) in [5.41, 5.74) is 0.433. The highest BCUT2D eigenvalue weighted by Gasteiger charge is 2.03. The van der Waals surface area contributed by atoms with Gasteiger partial charge in [0.1, 0.15) is 16.1 Å². The van der Waals surface area contributed by atoms with Crippen molar-refractivity contribution in [1.29, 1.82) is 5.26 Å². The Hall–Kier alpha value is -1.11. The maximum absolute atomic E-state index is 8.64. The Kier molecular flexibility index (Phi) is 1.72. The van der Waals surface area contributed by atoms with Crippen molar-refractivity contribution in [1.82, 2.24) is 4.98 Å². The molecular formula is C8H3ClN2S. The molecule has 58 valence electrons. The van der Waals surface area contributed by atoms with E-state index >= 15 is 0 Å². The smallest absolute Gasteiger partial charge is 0.148 e. The number of nitrogens with zero attached hydrogens (tertiary/aromatic N) is 2. The molecule has 0 saturated carbocycles. The van der Waals surface area contributed by atoms with E-state index < -0.39 is 0 Å². The molecule has 0 bridgehead atoms. The fraction of sp³-hybridized carbons (Fsp3) is 0. The van der Waals surface area contributed by atoms with Gasteiger partial charge in [0.15, 0.2) is 0 Å². The Bertz CT molecular complexity index is 469. The monoisotopic (exact) mass is 194 g/mol. The Balaban J connectivity index is 2.84. The number of thiophene rings is 1. The summed E-state index contributed by atoms with van der Waals surface area (Å²) in [6.45, 7) is 0. The first kappa shape index (κ1) is 7.53.